The third-order valence-electron chi connectivity index (χ3n) is 3.36. The number of carbonyl (C=O) groups excluding carboxylic acids is 1. The van der Waals surface area contributed by atoms with Crippen LogP contribution in [0, 0.1) is 25.2 Å². The van der Waals surface area contributed by atoms with Crippen molar-refractivity contribution >= 4 is 13.3 Å². The van der Waals surface area contributed by atoms with E-state index in [1.165, 1.54) is 0 Å². The quantitative estimate of drug-likeness (QED) is 0.686. The maximum absolute atomic E-state index is 12.4. The standard InChI is InChI=1S/C17H26O2P/c1-12(10-17(4,5)6)11-20(19)16(18)15-13(2)8-7-9-14(15)3/h7-9,12H,10-11H2,1-6H3/q+1. The number of hydrogen-bond donors (Lipinski definition) is 0. The molecule has 0 saturated heterocycles. The van der Waals surface area contributed by atoms with Gasteiger partial charge in [0, 0.05) is 5.92 Å². The molecule has 0 bridgehead atoms. The summed E-state index contributed by atoms with van der Waals surface area (Å²) in [6.07, 6.45) is 1.47. The van der Waals surface area contributed by atoms with Crippen molar-refractivity contribution in [2.24, 2.45) is 11.3 Å². The highest BCUT2D eigenvalue weighted by Crippen LogP contribution is 2.35. The highest BCUT2D eigenvalue weighted by molar-refractivity contribution is 7.64. The van der Waals surface area contributed by atoms with E-state index in [0.29, 0.717) is 17.6 Å². The molecule has 2 unspecified atom stereocenters. The van der Waals surface area contributed by atoms with Crippen molar-refractivity contribution < 1.29 is 9.36 Å². The Morgan fingerprint density at radius 2 is 1.70 bits per heavy atom. The van der Waals surface area contributed by atoms with Crippen LogP contribution >= 0.6 is 7.80 Å². The highest BCUT2D eigenvalue weighted by atomic mass is 31.1. The third-order valence-corrected chi connectivity index (χ3v) is 4.99. The summed E-state index contributed by atoms with van der Waals surface area (Å²) in [6, 6.07) is 5.74. The van der Waals surface area contributed by atoms with Crippen LogP contribution < -0.4 is 0 Å². The maximum atomic E-state index is 12.4. The van der Waals surface area contributed by atoms with Crippen LogP contribution in [0.2, 0.25) is 0 Å². The van der Waals surface area contributed by atoms with Crippen molar-refractivity contribution in [2.45, 2.75) is 48.0 Å². The first-order valence-corrected chi connectivity index (χ1v) is 8.61. The zero-order valence-corrected chi connectivity index (χ0v) is 14.4. The SMILES string of the molecule is Cc1cccc(C)c1C(=O)[P+](=O)CC(C)CC(C)(C)C. The van der Waals surface area contributed by atoms with E-state index in [9.17, 15) is 9.36 Å². The summed E-state index contributed by atoms with van der Waals surface area (Å²) in [5, 5.41) is 0. The summed E-state index contributed by atoms with van der Waals surface area (Å²) in [5.41, 5.74) is 2.51. The lowest BCUT2D eigenvalue weighted by Crippen LogP contribution is -2.14. The number of benzene rings is 1. The first-order valence-electron chi connectivity index (χ1n) is 7.17. The smallest absolute Gasteiger partial charge is 0.234 e. The minimum Gasteiger partial charge on any atom is -0.234 e. The van der Waals surface area contributed by atoms with E-state index >= 15 is 0 Å². The van der Waals surface area contributed by atoms with Gasteiger partial charge in [-0.05, 0) is 36.8 Å². The molecular weight excluding hydrogens is 267 g/mol. The Balaban J connectivity index is 2.81. The lowest BCUT2D eigenvalue weighted by molar-refractivity contribution is 0.107. The molecule has 0 amide bonds. The molecule has 0 aliphatic carbocycles. The van der Waals surface area contributed by atoms with Gasteiger partial charge in [-0.2, -0.15) is 0 Å². The Morgan fingerprint density at radius 3 is 2.15 bits per heavy atom. The van der Waals surface area contributed by atoms with Crippen molar-refractivity contribution in [3.05, 3.63) is 34.9 Å². The maximum Gasteiger partial charge on any atom is 0.420 e. The Morgan fingerprint density at radius 1 is 1.20 bits per heavy atom. The molecule has 20 heavy (non-hydrogen) atoms. The largest absolute Gasteiger partial charge is 0.420 e. The van der Waals surface area contributed by atoms with Crippen molar-refractivity contribution in [3.63, 3.8) is 0 Å². The second kappa shape index (κ2) is 6.63. The van der Waals surface area contributed by atoms with Crippen LogP contribution in [0.5, 0.6) is 0 Å². The average molecular weight is 293 g/mol. The summed E-state index contributed by atoms with van der Waals surface area (Å²) < 4.78 is 12.3. The van der Waals surface area contributed by atoms with Gasteiger partial charge in [-0.1, -0.05) is 50.5 Å². The molecule has 0 spiro atoms. The molecule has 2 nitrogen and oxygen atoms in total. The fourth-order valence-electron chi connectivity index (χ4n) is 2.75. The van der Waals surface area contributed by atoms with Crippen LogP contribution in [0.15, 0.2) is 18.2 Å². The molecule has 0 radical (unpaired) electrons. The van der Waals surface area contributed by atoms with Crippen LogP contribution in [-0.4, -0.2) is 11.7 Å². The molecule has 0 aliphatic heterocycles. The van der Waals surface area contributed by atoms with E-state index in [4.69, 9.17) is 0 Å². The molecule has 2 atom stereocenters. The Bertz CT molecular complexity index is 492. The van der Waals surface area contributed by atoms with E-state index in [0.717, 1.165) is 17.5 Å². The van der Waals surface area contributed by atoms with Crippen molar-refractivity contribution in [2.75, 3.05) is 6.16 Å². The number of hydrogen-bond acceptors (Lipinski definition) is 2. The van der Waals surface area contributed by atoms with Crippen LogP contribution in [0.1, 0.15) is 55.6 Å². The van der Waals surface area contributed by atoms with E-state index < -0.39 is 7.80 Å². The molecule has 110 valence electrons. The second-order valence-electron chi connectivity index (χ2n) is 7.00. The molecule has 0 saturated carbocycles. The van der Waals surface area contributed by atoms with Crippen molar-refractivity contribution in [3.8, 4) is 0 Å². The van der Waals surface area contributed by atoms with Crippen molar-refractivity contribution in [1.29, 1.82) is 0 Å². The van der Waals surface area contributed by atoms with E-state index in [-0.39, 0.29) is 10.9 Å². The van der Waals surface area contributed by atoms with Gasteiger partial charge in [0.1, 0.15) is 0 Å². The molecule has 0 heterocycles. The normalized spacial score (nSPS) is 14.0. The summed E-state index contributed by atoms with van der Waals surface area (Å²) in [4.78, 5) is 12.4. The van der Waals surface area contributed by atoms with Gasteiger partial charge in [0.25, 0.3) is 0 Å². The minimum absolute atomic E-state index is 0.184. The van der Waals surface area contributed by atoms with Gasteiger partial charge >= 0.3 is 13.3 Å². The van der Waals surface area contributed by atoms with Crippen LogP contribution in [0.3, 0.4) is 0 Å². The molecule has 0 aliphatic rings. The topological polar surface area (TPSA) is 34.1 Å². The molecule has 1 aromatic carbocycles. The monoisotopic (exact) mass is 293 g/mol. The average Bonchev–Trinajstić information content (AvgIpc) is 2.25. The molecule has 1 rings (SSSR count). The van der Waals surface area contributed by atoms with Gasteiger partial charge in [-0.3, -0.25) is 0 Å². The Hall–Kier alpha value is -1.01. The summed E-state index contributed by atoms with van der Waals surface area (Å²) in [5.74, 6) is 0.298. The predicted octanol–water partition coefficient (Wildman–Crippen LogP) is 5.34. The Labute approximate surface area is 123 Å². The van der Waals surface area contributed by atoms with E-state index in [2.05, 4.69) is 27.7 Å². The molecule has 1 aromatic rings. The fraction of sp³-hybridized carbons (Fsp3) is 0.588. The van der Waals surface area contributed by atoms with Crippen LogP contribution in [-0.2, 0) is 4.57 Å². The lowest BCUT2D eigenvalue weighted by Gasteiger charge is -2.20. The zero-order chi connectivity index (χ0) is 15.5. The zero-order valence-electron chi connectivity index (χ0n) is 13.5. The molecule has 0 N–H and O–H groups in total. The van der Waals surface area contributed by atoms with Crippen molar-refractivity contribution in [1.82, 2.24) is 0 Å². The predicted molar refractivity (Wildman–Crippen MR) is 86.0 cm³/mol. The lowest BCUT2D eigenvalue weighted by atomic mass is 9.86. The number of carbonyl (C=O) groups is 1. The summed E-state index contributed by atoms with van der Waals surface area (Å²) in [6.45, 7) is 12.4. The first kappa shape index (κ1) is 17.0. The van der Waals surface area contributed by atoms with Crippen LogP contribution in [0.4, 0.5) is 0 Å². The third kappa shape index (κ3) is 4.83. The number of rotatable bonds is 5. The van der Waals surface area contributed by atoms with Gasteiger partial charge in [-0.15, -0.1) is 0 Å². The van der Waals surface area contributed by atoms with Gasteiger partial charge in [0.2, 0.25) is 0 Å². The van der Waals surface area contributed by atoms with Gasteiger partial charge in [0.15, 0.2) is 6.16 Å². The highest BCUT2D eigenvalue weighted by Gasteiger charge is 2.34. The summed E-state index contributed by atoms with van der Waals surface area (Å²) >= 11 is 0. The second-order valence-corrected chi connectivity index (χ2v) is 8.53. The Kier molecular flexibility index (Phi) is 5.65. The molecule has 0 fully saturated rings. The summed E-state index contributed by atoms with van der Waals surface area (Å²) in [7, 11) is -1.83. The van der Waals surface area contributed by atoms with Gasteiger partial charge in [-0.25, -0.2) is 4.79 Å². The molecular formula is C17H26O2P+. The van der Waals surface area contributed by atoms with Gasteiger partial charge < -0.3 is 0 Å². The van der Waals surface area contributed by atoms with Crippen LogP contribution in [0.25, 0.3) is 0 Å². The molecule has 0 aromatic heterocycles. The fourth-order valence-corrected chi connectivity index (χ4v) is 4.22. The van der Waals surface area contributed by atoms with E-state index in [1.807, 2.05) is 32.0 Å². The molecule has 3 heteroatoms. The van der Waals surface area contributed by atoms with Gasteiger partial charge in [0.05, 0.1) is 5.56 Å². The minimum atomic E-state index is -1.83. The first-order chi connectivity index (χ1) is 9.11. The number of aryl methyl sites for hydroxylation is 2. The van der Waals surface area contributed by atoms with E-state index in [1.54, 1.807) is 0 Å².